The van der Waals surface area contributed by atoms with Crippen LogP contribution in [0.3, 0.4) is 0 Å². The quantitative estimate of drug-likeness (QED) is 0.895. The standard InChI is InChI=1S/C20H27N5O/c21-13-15-5-8-22-19(12-15)24-10-6-18(7-11-24)25-9-1-2-16(14-25)20(26)23-17-3-4-17/h5,8,12,16-18H,1-4,6-7,9-11,14H2,(H,23,26)/t16-/m0/s1. The van der Waals surface area contributed by atoms with Gasteiger partial charge in [0.2, 0.25) is 5.91 Å². The third-order valence-corrected chi connectivity index (χ3v) is 5.93. The topological polar surface area (TPSA) is 72.3 Å². The molecule has 1 aromatic rings. The van der Waals surface area contributed by atoms with Crippen LogP contribution in [0.5, 0.6) is 0 Å². The first-order valence-corrected chi connectivity index (χ1v) is 9.88. The van der Waals surface area contributed by atoms with E-state index in [-0.39, 0.29) is 11.8 Å². The molecule has 1 atom stereocenters. The minimum atomic E-state index is 0.163. The van der Waals surface area contributed by atoms with Gasteiger partial charge in [-0.15, -0.1) is 0 Å². The van der Waals surface area contributed by atoms with Crippen LogP contribution in [0.4, 0.5) is 5.82 Å². The van der Waals surface area contributed by atoms with E-state index in [4.69, 9.17) is 5.26 Å². The highest BCUT2D eigenvalue weighted by Crippen LogP contribution is 2.27. The van der Waals surface area contributed by atoms with Gasteiger partial charge in [0.15, 0.2) is 0 Å². The summed E-state index contributed by atoms with van der Waals surface area (Å²) >= 11 is 0. The zero-order valence-electron chi connectivity index (χ0n) is 15.2. The van der Waals surface area contributed by atoms with Gasteiger partial charge in [0, 0.05) is 37.9 Å². The zero-order valence-corrected chi connectivity index (χ0v) is 15.2. The smallest absolute Gasteiger partial charge is 0.224 e. The van der Waals surface area contributed by atoms with Crippen molar-refractivity contribution >= 4 is 11.7 Å². The molecule has 0 bridgehead atoms. The van der Waals surface area contributed by atoms with Crippen LogP contribution in [0.1, 0.15) is 44.1 Å². The van der Waals surface area contributed by atoms with E-state index in [1.165, 1.54) is 0 Å². The van der Waals surface area contributed by atoms with Gasteiger partial charge in [-0.3, -0.25) is 9.69 Å². The lowest BCUT2D eigenvalue weighted by Crippen LogP contribution is -2.51. The molecule has 4 rings (SSSR count). The van der Waals surface area contributed by atoms with Crippen LogP contribution in [-0.2, 0) is 4.79 Å². The highest BCUT2D eigenvalue weighted by molar-refractivity contribution is 5.79. The molecule has 1 aromatic heterocycles. The number of nitrogens with one attached hydrogen (secondary N) is 1. The van der Waals surface area contributed by atoms with Gasteiger partial charge in [0.25, 0.3) is 0 Å². The molecule has 1 saturated carbocycles. The maximum absolute atomic E-state index is 12.4. The molecular formula is C20H27N5O. The lowest BCUT2D eigenvalue weighted by atomic mass is 9.93. The van der Waals surface area contributed by atoms with Gasteiger partial charge in [-0.05, 0) is 57.2 Å². The van der Waals surface area contributed by atoms with Crippen LogP contribution in [0.2, 0.25) is 0 Å². The van der Waals surface area contributed by atoms with E-state index in [2.05, 4.69) is 26.2 Å². The number of amides is 1. The number of pyridine rings is 1. The molecule has 1 aliphatic carbocycles. The van der Waals surface area contributed by atoms with E-state index in [1.54, 1.807) is 12.3 Å². The minimum absolute atomic E-state index is 0.163. The van der Waals surface area contributed by atoms with Crippen molar-refractivity contribution in [3.8, 4) is 6.07 Å². The summed E-state index contributed by atoms with van der Waals surface area (Å²) in [5.41, 5.74) is 0.665. The molecule has 6 nitrogen and oxygen atoms in total. The Hall–Kier alpha value is -2.13. The predicted molar refractivity (Wildman–Crippen MR) is 99.6 cm³/mol. The summed E-state index contributed by atoms with van der Waals surface area (Å²) < 4.78 is 0. The Morgan fingerprint density at radius 3 is 2.73 bits per heavy atom. The second kappa shape index (κ2) is 7.63. The van der Waals surface area contributed by atoms with Crippen molar-refractivity contribution in [3.63, 3.8) is 0 Å². The largest absolute Gasteiger partial charge is 0.356 e. The number of likely N-dealkylation sites (tertiary alicyclic amines) is 1. The van der Waals surface area contributed by atoms with Crippen molar-refractivity contribution in [2.24, 2.45) is 5.92 Å². The Morgan fingerprint density at radius 2 is 2.00 bits per heavy atom. The number of nitrogens with zero attached hydrogens (tertiary/aromatic N) is 4. The number of nitriles is 1. The van der Waals surface area contributed by atoms with Crippen molar-refractivity contribution < 1.29 is 4.79 Å². The minimum Gasteiger partial charge on any atom is -0.356 e. The molecule has 0 unspecified atom stereocenters. The van der Waals surface area contributed by atoms with E-state index in [0.717, 1.165) is 70.5 Å². The van der Waals surface area contributed by atoms with Gasteiger partial charge < -0.3 is 10.2 Å². The molecular weight excluding hydrogens is 326 g/mol. The monoisotopic (exact) mass is 353 g/mol. The van der Waals surface area contributed by atoms with Crippen molar-refractivity contribution in [1.82, 2.24) is 15.2 Å². The molecule has 1 amide bonds. The number of piperidine rings is 2. The first-order valence-electron chi connectivity index (χ1n) is 9.88. The zero-order chi connectivity index (χ0) is 17.9. The Bertz CT molecular complexity index is 688. The molecule has 26 heavy (non-hydrogen) atoms. The number of aromatic nitrogens is 1. The summed E-state index contributed by atoms with van der Waals surface area (Å²) in [6, 6.07) is 6.82. The van der Waals surface area contributed by atoms with Crippen LogP contribution in [0, 0.1) is 17.2 Å². The van der Waals surface area contributed by atoms with Crippen LogP contribution >= 0.6 is 0 Å². The second-order valence-corrected chi connectivity index (χ2v) is 7.85. The van der Waals surface area contributed by atoms with Crippen molar-refractivity contribution in [2.75, 3.05) is 31.1 Å². The second-order valence-electron chi connectivity index (χ2n) is 7.85. The SMILES string of the molecule is N#Cc1ccnc(N2CCC(N3CCC[C@H](C(=O)NC4CC4)C3)CC2)c1. The Labute approximate surface area is 155 Å². The van der Waals surface area contributed by atoms with Gasteiger partial charge in [0.1, 0.15) is 5.82 Å². The maximum Gasteiger partial charge on any atom is 0.224 e. The van der Waals surface area contributed by atoms with Gasteiger partial charge in [-0.1, -0.05) is 0 Å². The van der Waals surface area contributed by atoms with Crippen molar-refractivity contribution in [2.45, 2.75) is 50.6 Å². The van der Waals surface area contributed by atoms with Gasteiger partial charge in [0.05, 0.1) is 17.6 Å². The summed E-state index contributed by atoms with van der Waals surface area (Å²) in [4.78, 5) is 21.6. The molecule has 1 N–H and O–H groups in total. The lowest BCUT2D eigenvalue weighted by molar-refractivity contribution is -0.127. The fourth-order valence-electron chi connectivity index (χ4n) is 4.22. The summed E-state index contributed by atoms with van der Waals surface area (Å²) in [7, 11) is 0. The van der Waals surface area contributed by atoms with Gasteiger partial charge in [-0.25, -0.2) is 4.98 Å². The first kappa shape index (κ1) is 17.3. The van der Waals surface area contributed by atoms with Gasteiger partial charge >= 0.3 is 0 Å². The molecule has 6 heteroatoms. The predicted octanol–water partition coefficient (Wildman–Crippen LogP) is 1.91. The third-order valence-electron chi connectivity index (χ3n) is 5.93. The first-order chi connectivity index (χ1) is 12.7. The number of anilines is 1. The number of hydrogen-bond acceptors (Lipinski definition) is 5. The average Bonchev–Trinajstić information content (AvgIpc) is 3.52. The summed E-state index contributed by atoms with van der Waals surface area (Å²) in [5.74, 6) is 1.34. The number of carbonyl (C=O) groups excluding carboxylic acids is 1. The molecule has 0 spiro atoms. The van der Waals surface area contributed by atoms with E-state index in [1.807, 2.05) is 6.07 Å². The molecule has 3 aliphatic rings. The Morgan fingerprint density at radius 1 is 1.19 bits per heavy atom. The normalized spacial score (nSPS) is 24.9. The van der Waals surface area contributed by atoms with E-state index in [0.29, 0.717) is 17.6 Å². The van der Waals surface area contributed by atoms with Crippen LogP contribution in [-0.4, -0.2) is 54.1 Å². The molecule has 138 valence electrons. The van der Waals surface area contributed by atoms with Crippen LogP contribution in [0.25, 0.3) is 0 Å². The van der Waals surface area contributed by atoms with Crippen molar-refractivity contribution in [3.05, 3.63) is 23.9 Å². The Kier molecular flexibility index (Phi) is 5.07. The summed E-state index contributed by atoms with van der Waals surface area (Å²) in [6.45, 7) is 3.94. The molecule has 2 saturated heterocycles. The van der Waals surface area contributed by atoms with Crippen LogP contribution in [0.15, 0.2) is 18.3 Å². The lowest BCUT2D eigenvalue weighted by Gasteiger charge is -2.42. The van der Waals surface area contributed by atoms with Crippen LogP contribution < -0.4 is 10.2 Å². The number of hydrogen-bond donors (Lipinski definition) is 1. The Balaban J connectivity index is 1.31. The summed E-state index contributed by atoms with van der Waals surface area (Å²) in [6.07, 6.45) is 8.36. The number of carbonyl (C=O) groups is 1. The maximum atomic E-state index is 12.4. The molecule has 0 aromatic carbocycles. The fraction of sp³-hybridized carbons (Fsp3) is 0.650. The highest BCUT2D eigenvalue weighted by Gasteiger charge is 2.33. The molecule has 2 aliphatic heterocycles. The van der Waals surface area contributed by atoms with E-state index in [9.17, 15) is 4.79 Å². The average molecular weight is 353 g/mol. The number of rotatable bonds is 4. The van der Waals surface area contributed by atoms with E-state index >= 15 is 0 Å². The molecule has 0 radical (unpaired) electrons. The summed E-state index contributed by atoms with van der Waals surface area (Å²) in [5, 5.41) is 12.2. The fourth-order valence-corrected chi connectivity index (χ4v) is 4.22. The van der Waals surface area contributed by atoms with Gasteiger partial charge in [-0.2, -0.15) is 5.26 Å². The highest BCUT2D eigenvalue weighted by atomic mass is 16.2. The third kappa shape index (κ3) is 3.99. The van der Waals surface area contributed by atoms with E-state index < -0.39 is 0 Å². The van der Waals surface area contributed by atoms with Crippen molar-refractivity contribution in [1.29, 1.82) is 5.26 Å². The molecule has 3 fully saturated rings. The molecule has 3 heterocycles.